The summed E-state index contributed by atoms with van der Waals surface area (Å²) in [6.07, 6.45) is 9.30. The summed E-state index contributed by atoms with van der Waals surface area (Å²) in [7, 11) is 0. The highest BCUT2D eigenvalue weighted by Crippen LogP contribution is 2.31. The molecule has 1 saturated heterocycles. The van der Waals surface area contributed by atoms with Gasteiger partial charge in [-0.25, -0.2) is 0 Å². The van der Waals surface area contributed by atoms with Crippen LogP contribution in [0.25, 0.3) is 0 Å². The molecule has 0 unspecified atom stereocenters. The van der Waals surface area contributed by atoms with Gasteiger partial charge in [0.15, 0.2) is 0 Å². The summed E-state index contributed by atoms with van der Waals surface area (Å²) in [5.41, 5.74) is 7.39. The van der Waals surface area contributed by atoms with Gasteiger partial charge in [-0.2, -0.15) is 5.10 Å². The molecule has 1 aliphatic heterocycles. The van der Waals surface area contributed by atoms with Crippen LogP contribution in [0.5, 0.6) is 0 Å². The number of rotatable bonds is 3. The molecule has 0 aromatic carbocycles. The minimum Gasteiger partial charge on any atom is -0.342 e. The number of carbonyl (C=O) groups is 1. The van der Waals surface area contributed by atoms with E-state index in [2.05, 4.69) is 18.2 Å². The second kappa shape index (κ2) is 6.18. The molecule has 2 heterocycles. The fourth-order valence-electron chi connectivity index (χ4n) is 3.73. The zero-order valence-corrected chi connectivity index (χ0v) is 12.9. The number of hydrogen-bond donors (Lipinski definition) is 1. The average Bonchev–Trinajstić information content (AvgIpc) is 3.15. The quantitative estimate of drug-likeness (QED) is 0.922. The Labute approximate surface area is 126 Å². The van der Waals surface area contributed by atoms with Gasteiger partial charge in [0, 0.05) is 31.9 Å². The summed E-state index contributed by atoms with van der Waals surface area (Å²) in [6.45, 7) is 4.74. The van der Waals surface area contributed by atoms with Crippen LogP contribution in [0.2, 0.25) is 0 Å². The Bertz CT molecular complexity index is 490. The van der Waals surface area contributed by atoms with E-state index in [1.54, 1.807) is 0 Å². The van der Waals surface area contributed by atoms with Gasteiger partial charge in [-0.15, -0.1) is 0 Å². The first-order chi connectivity index (χ1) is 10.2. The van der Waals surface area contributed by atoms with Crippen molar-refractivity contribution in [2.75, 3.05) is 13.1 Å². The standard InChI is InChI=1S/C16H26N4O/c1-2-20-11-13(10-18-20)12-6-8-19(9-7-12)16(21)14-4-3-5-15(14)17/h10-12,14-15H,2-9,17H2,1H3/t14-,15+/m1/s1. The Hall–Kier alpha value is -1.36. The number of aryl methyl sites for hydroxylation is 1. The molecule has 1 aromatic rings. The Balaban J connectivity index is 1.56. The van der Waals surface area contributed by atoms with Crippen LogP contribution < -0.4 is 5.73 Å². The first-order valence-electron chi connectivity index (χ1n) is 8.25. The predicted molar refractivity (Wildman–Crippen MR) is 81.8 cm³/mol. The van der Waals surface area contributed by atoms with Crippen LogP contribution in [0.4, 0.5) is 0 Å². The second-order valence-corrected chi connectivity index (χ2v) is 6.43. The number of aromatic nitrogens is 2. The number of likely N-dealkylation sites (tertiary alicyclic amines) is 1. The highest BCUT2D eigenvalue weighted by atomic mass is 16.2. The van der Waals surface area contributed by atoms with Gasteiger partial charge in [-0.3, -0.25) is 9.48 Å². The third-order valence-corrected chi connectivity index (χ3v) is 5.14. The van der Waals surface area contributed by atoms with Crippen molar-refractivity contribution in [3.8, 4) is 0 Å². The molecule has 0 spiro atoms. The maximum atomic E-state index is 12.5. The van der Waals surface area contributed by atoms with Gasteiger partial charge in [-0.1, -0.05) is 6.42 Å². The smallest absolute Gasteiger partial charge is 0.227 e. The first kappa shape index (κ1) is 14.6. The maximum Gasteiger partial charge on any atom is 0.227 e. The molecule has 1 saturated carbocycles. The highest BCUT2D eigenvalue weighted by Gasteiger charge is 2.35. The number of piperidine rings is 1. The van der Waals surface area contributed by atoms with E-state index >= 15 is 0 Å². The second-order valence-electron chi connectivity index (χ2n) is 6.43. The Kier molecular flexibility index (Phi) is 4.29. The van der Waals surface area contributed by atoms with Crippen molar-refractivity contribution in [2.24, 2.45) is 11.7 Å². The Morgan fingerprint density at radius 1 is 1.33 bits per heavy atom. The lowest BCUT2D eigenvalue weighted by atomic mass is 9.90. The number of nitrogens with zero attached hydrogens (tertiary/aromatic N) is 3. The summed E-state index contributed by atoms with van der Waals surface area (Å²) in [4.78, 5) is 14.6. The summed E-state index contributed by atoms with van der Waals surface area (Å²) in [6, 6.07) is 0.0815. The molecule has 3 rings (SSSR count). The average molecular weight is 290 g/mol. The molecule has 116 valence electrons. The molecule has 2 fully saturated rings. The summed E-state index contributed by atoms with van der Waals surface area (Å²) in [5, 5.41) is 4.36. The van der Waals surface area contributed by atoms with Crippen molar-refractivity contribution in [2.45, 2.75) is 57.5 Å². The molecule has 2 atom stereocenters. The zero-order valence-electron chi connectivity index (χ0n) is 12.9. The van der Waals surface area contributed by atoms with Crippen LogP contribution in [-0.2, 0) is 11.3 Å². The van der Waals surface area contributed by atoms with Crippen LogP contribution in [0.1, 0.15) is 50.5 Å². The first-order valence-corrected chi connectivity index (χ1v) is 8.25. The van der Waals surface area contributed by atoms with Gasteiger partial charge in [0.2, 0.25) is 5.91 Å². The molecular formula is C16H26N4O. The SMILES string of the molecule is CCn1cc(C2CCN(C(=O)[C@@H]3CCC[C@@H]3N)CC2)cn1. The van der Waals surface area contributed by atoms with E-state index in [1.165, 1.54) is 5.56 Å². The number of hydrogen-bond acceptors (Lipinski definition) is 3. The van der Waals surface area contributed by atoms with Crippen LogP contribution >= 0.6 is 0 Å². The van der Waals surface area contributed by atoms with Crippen LogP contribution in [0.15, 0.2) is 12.4 Å². The largest absolute Gasteiger partial charge is 0.342 e. The zero-order chi connectivity index (χ0) is 14.8. The normalized spacial score (nSPS) is 27.2. The van der Waals surface area contributed by atoms with Gasteiger partial charge in [0.25, 0.3) is 0 Å². The van der Waals surface area contributed by atoms with E-state index in [0.717, 1.165) is 51.7 Å². The fourth-order valence-corrected chi connectivity index (χ4v) is 3.73. The summed E-state index contributed by atoms with van der Waals surface area (Å²) < 4.78 is 1.98. The number of amides is 1. The van der Waals surface area contributed by atoms with Crippen molar-refractivity contribution >= 4 is 5.91 Å². The molecule has 5 nitrogen and oxygen atoms in total. The lowest BCUT2D eigenvalue weighted by Crippen LogP contribution is -2.45. The van der Waals surface area contributed by atoms with E-state index in [9.17, 15) is 4.79 Å². The van der Waals surface area contributed by atoms with Gasteiger partial charge in [-0.05, 0) is 44.1 Å². The van der Waals surface area contributed by atoms with Crippen molar-refractivity contribution in [1.29, 1.82) is 0 Å². The van der Waals surface area contributed by atoms with E-state index in [0.29, 0.717) is 11.8 Å². The van der Waals surface area contributed by atoms with Crippen molar-refractivity contribution in [3.63, 3.8) is 0 Å². The van der Waals surface area contributed by atoms with Crippen LogP contribution in [0, 0.1) is 5.92 Å². The lowest BCUT2D eigenvalue weighted by molar-refractivity contribution is -0.136. The third-order valence-electron chi connectivity index (χ3n) is 5.14. The van der Waals surface area contributed by atoms with Gasteiger partial charge < -0.3 is 10.6 Å². The molecule has 2 aliphatic rings. The van der Waals surface area contributed by atoms with Crippen molar-refractivity contribution in [1.82, 2.24) is 14.7 Å². The molecule has 5 heteroatoms. The van der Waals surface area contributed by atoms with E-state index in [1.807, 2.05) is 15.8 Å². The molecule has 1 aromatic heterocycles. The maximum absolute atomic E-state index is 12.5. The molecule has 0 bridgehead atoms. The molecule has 1 aliphatic carbocycles. The minimum atomic E-state index is 0.0735. The van der Waals surface area contributed by atoms with E-state index in [-0.39, 0.29) is 12.0 Å². The highest BCUT2D eigenvalue weighted by molar-refractivity contribution is 5.80. The molecule has 0 radical (unpaired) electrons. The summed E-state index contributed by atoms with van der Waals surface area (Å²) >= 11 is 0. The Morgan fingerprint density at radius 3 is 2.67 bits per heavy atom. The molecular weight excluding hydrogens is 264 g/mol. The van der Waals surface area contributed by atoms with Crippen molar-refractivity contribution in [3.05, 3.63) is 18.0 Å². The number of nitrogens with two attached hydrogens (primary N) is 1. The topological polar surface area (TPSA) is 64.2 Å². The van der Waals surface area contributed by atoms with Gasteiger partial charge >= 0.3 is 0 Å². The van der Waals surface area contributed by atoms with E-state index in [4.69, 9.17) is 5.73 Å². The monoisotopic (exact) mass is 290 g/mol. The van der Waals surface area contributed by atoms with Crippen LogP contribution in [-0.4, -0.2) is 39.7 Å². The van der Waals surface area contributed by atoms with E-state index < -0.39 is 0 Å². The molecule has 2 N–H and O–H groups in total. The fraction of sp³-hybridized carbons (Fsp3) is 0.750. The molecule has 21 heavy (non-hydrogen) atoms. The summed E-state index contributed by atoms with van der Waals surface area (Å²) in [5.74, 6) is 0.915. The minimum absolute atomic E-state index is 0.0735. The van der Waals surface area contributed by atoms with Gasteiger partial charge in [0.1, 0.15) is 0 Å². The van der Waals surface area contributed by atoms with Crippen LogP contribution in [0.3, 0.4) is 0 Å². The lowest BCUT2D eigenvalue weighted by Gasteiger charge is -2.34. The Morgan fingerprint density at radius 2 is 2.10 bits per heavy atom. The molecule has 1 amide bonds. The van der Waals surface area contributed by atoms with Crippen molar-refractivity contribution < 1.29 is 4.79 Å². The van der Waals surface area contributed by atoms with Gasteiger partial charge in [0.05, 0.1) is 12.1 Å². The number of carbonyl (C=O) groups excluding carboxylic acids is 1. The third kappa shape index (κ3) is 2.98. The predicted octanol–water partition coefficient (Wildman–Crippen LogP) is 1.74.